The highest BCUT2D eigenvalue weighted by atomic mass is 16.3. The average molecular weight is 158 g/mol. The summed E-state index contributed by atoms with van der Waals surface area (Å²) in [6.07, 6.45) is 0.930. The van der Waals surface area contributed by atoms with Crippen LogP contribution in [0.3, 0.4) is 0 Å². The monoisotopic (exact) mass is 158 g/mol. The number of nitroso groups, excluding NO2 is 1. The molecule has 0 aromatic heterocycles. The highest BCUT2D eigenvalue weighted by molar-refractivity contribution is 4.91. The van der Waals surface area contributed by atoms with Crippen LogP contribution in [0.4, 0.5) is 0 Å². The quantitative estimate of drug-likeness (QED) is 0.566. The van der Waals surface area contributed by atoms with Gasteiger partial charge < -0.3 is 10.4 Å². The SMILES string of the molecule is CC[C@@H]1NCCC(O)C1N=O. The minimum atomic E-state index is -0.543. The third-order valence-corrected chi connectivity index (χ3v) is 2.21. The van der Waals surface area contributed by atoms with Crippen LogP contribution < -0.4 is 5.32 Å². The maximum atomic E-state index is 10.3. The molecule has 64 valence electrons. The van der Waals surface area contributed by atoms with Crippen molar-refractivity contribution in [2.24, 2.45) is 5.18 Å². The van der Waals surface area contributed by atoms with Crippen LogP contribution in [-0.2, 0) is 0 Å². The molecule has 3 atom stereocenters. The topological polar surface area (TPSA) is 61.7 Å². The molecule has 4 nitrogen and oxygen atoms in total. The molecule has 1 heterocycles. The van der Waals surface area contributed by atoms with Gasteiger partial charge in [-0.3, -0.25) is 0 Å². The van der Waals surface area contributed by atoms with Gasteiger partial charge in [0.25, 0.3) is 0 Å². The maximum Gasteiger partial charge on any atom is 0.133 e. The second-order valence-corrected chi connectivity index (χ2v) is 2.92. The van der Waals surface area contributed by atoms with Crippen LogP contribution in [-0.4, -0.2) is 29.8 Å². The van der Waals surface area contributed by atoms with E-state index in [1.807, 2.05) is 6.92 Å². The Hall–Kier alpha value is -0.480. The van der Waals surface area contributed by atoms with Crippen molar-refractivity contribution in [1.82, 2.24) is 5.32 Å². The Bertz CT molecular complexity index is 140. The van der Waals surface area contributed by atoms with Gasteiger partial charge >= 0.3 is 0 Å². The molecule has 0 aromatic rings. The molecule has 1 aliphatic heterocycles. The lowest BCUT2D eigenvalue weighted by molar-refractivity contribution is 0.0922. The zero-order chi connectivity index (χ0) is 8.27. The van der Waals surface area contributed by atoms with Crippen molar-refractivity contribution in [2.75, 3.05) is 6.54 Å². The van der Waals surface area contributed by atoms with Crippen molar-refractivity contribution in [3.63, 3.8) is 0 Å². The molecule has 0 radical (unpaired) electrons. The maximum absolute atomic E-state index is 10.3. The lowest BCUT2D eigenvalue weighted by Gasteiger charge is -2.30. The fourth-order valence-corrected chi connectivity index (χ4v) is 1.51. The summed E-state index contributed by atoms with van der Waals surface area (Å²) in [6.45, 7) is 2.76. The Kier molecular flexibility index (Phi) is 2.96. The van der Waals surface area contributed by atoms with Gasteiger partial charge in [-0.25, -0.2) is 0 Å². The van der Waals surface area contributed by atoms with Crippen molar-refractivity contribution in [1.29, 1.82) is 0 Å². The summed E-state index contributed by atoms with van der Waals surface area (Å²) in [5.41, 5.74) is 0. The average Bonchev–Trinajstić information content (AvgIpc) is 2.04. The van der Waals surface area contributed by atoms with E-state index >= 15 is 0 Å². The van der Waals surface area contributed by atoms with E-state index in [2.05, 4.69) is 10.5 Å². The fraction of sp³-hybridized carbons (Fsp3) is 1.00. The van der Waals surface area contributed by atoms with Crippen molar-refractivity contribution in [3.05, 3.63) is 4.91 Å². The molecule has 0 aromatic carbocycles. The summed E-state index contributed by atoms with van der Waals surface area (Å²) in [4.78, 5) is 10.3. The summed E-state index contributed by atoms with van der Waals surface area (Å²) in [7, 11) is 0. The first-order valence-corrected chi connectivity index (χ1v) is 4.03. The Balaban J connectivity index is 2.55. The lowest BCUT2D eigenvalue weighted by Crippen LogP contribution is -2.50. The van der Waals surface area contributed by atoms with Gasteiger partial charge in [-0.2, -0.15) is 4.91 Å². The summed E-state index contributed by atoms with van der Waals surface area (Å²) in [6, 6.07) is -0.384. The Morgan fingerprint density at radius 1 is 1.73 bits per heavy atom. The second-order valence-electron chi connectivity index (χ2n) is 2.92. The molecule has 0 saturated carbocycles. The van der Waals surface area contributed by atoms with Gasteiger partial charge in [-0.05, 0) is 19.4 Å². The summed E-state index contributed by atoms with van der Waals surface area (Å²) >= 11 is 0. The molecular formula is C7H14N2O2. The van der Waals surface area contributed by atoms with Crippen molar-refractivity contribution >= 4 is 0 Å². The first-order valence-electron chi connectivity index (χ1n) is 4.03. The highest BCUT2D eigenvalue weighted by Gasteiger charge is 2.31. The third kappa shape index (κ3) is 1.75. The van der Waals surface area contributed by atoms with Crippen LogP contribution in [0.25, 0.3) is 0 Å². The van der Waals surface area contributed by atoms with Crippen LogP contribution in [0.5, 0.6) is 0 Å². The standard InChI is InChI=1S/C7H14N2O2/c1-2-5-7(9-11)6(10)3-4-8-5/h5-8,10H,2-4H2,1H3/t5-,6?,7?/m0/s1. The van der Waals surface area contributed by atoms with Crippen molar-refractivity contribution in [2.45, 2.75) is 38.0 Å². The minimum Gasteiger partial charge on any atom is -0.391 e. The van der Waals surface area contributed by atoms with Gasteiger partial charge in [0.2, 0.25) is 0 Å². The van der Waals surface area contributed by atoms with Gasteiger partial charge in [-0.15, -0.1) is 0 Å². The Morgan fingerprint density at radius 2 is 2.45 bits per heavy atom. The highest BCUT2D eigenvalue weighted by Crippen LogP contribution is 2.15. The summed E-state index contributed by atoms with van der Waals surface area (Å²) in [5.74, 6) is 0. The van der Waals surface area contributed by atoms with E-state index in [0.717, 1.165) is 13.0 Å². The van der Waals surface area contributed by atoms with Gasteiger partial charge in [0.1, 0.15) is 6.04 Å². The number of rotatable bonds is 2. The molecule has 0 aliphatic carbocycles. The lowest BCUT2D eigenvalue weighted by atomic mass is 9.95. The molecule has 2 unspecified atom stereocenters. The molecule has 0 spiro atoms. The van der Waals surface area contributed by atoms with Crippen molar-refractivity contribution in [3.8, 4) is 0 Å². The Labute approximate surface area is 66.0 Å². The van der Waals surface area contributed by atoms with Crippen LogP contribution in [0.1, 0.15) is 19.8 Å². The minimum absolute atomic E-state index is 0.0660. The van der Waals surface area contributed by atoms with E-state index in [4.69, 9.17) is 0 Å². The number of hydrogen-bond acceptors (Lipinski definition) is 4. The second kappa shape index (κ2) is 3.78. The van der Waals surface area contributed by atoms with E-state index in [9.17, 15) is 10.0 Å². The number of nitrogens with zero attached hydrogens (tertiary/aromatic N) is 1. The molecule has 0 bridgehead atoms. The van der Waals surface area contributed by atoms with E-state index < -0.39 is 12.1 Å². The molecule has 1 saturated heterocycles. The normalized spacial score (nSPS) is 38.5. The fourth-order valence-electron chi connectivity index (χ4n) is 1.51. The van der Waals surface area contributed by atoms with Crippen LogP contribution in [0, 0.1) is 4.91 Å². The number of hydrogen-bond donors (Lipinski definition) is 2. The van der Waals surface area contributed by atoms with Gasteiger partial charge in [-0.1, -0.05) is 12.1 Å². The predicted molar refractivity (Wildman–Crippen MR) is 42.3 cm³/mol. The molecule has 11 heavy (non-hydrogen) atoms. The molecular weight excluding hydrogens is 144 g/mol. The molecule has 4 heteroatoms. The Morgan fingerprint density at radius 3 is 2.91 bits per heavy atom. The summed E-state index contributed by atoms with van der Waals surface area (Å²) in [5, 5.41) is 15.4. The number of nitrogens with one attached hydrogen (secondary N) is 1. The number of aliphatic hydroxyl groups is 1. The first kappa shape index (κ1) is 8.62. The van der Waals surface area contributed by atoms with Gasteiger partial charge in [0.15, 0.2) is 0 Å². The van der Waals surface area contributed by atoms with Crippen LogP contribution >= 0.6 is 0 Å². The summed E-state index contributed by atoms with van der Waals surface area (Å²) < 4.78 is 0. The molecule has 1 rings (SSSR count). The molecule has 0 amide bonds. The van der Waals surface area contributed by atoms with E-state index in [1.54, 1.807) is 0 Å². The molecule has 1 fully saturated rings. The van der Waals surface area contributed by atoms with E-state index in [0.29, 0.717) is 6.42 Å². The zero-order valence-corrected chi connectivity index (χ0v) is 6.66. The third-order valence-electron chi connectivity index (χ3n) is 2.21. The first-order chi connectivity index (χ1) is 5.29. The molecule has 1 aliphatic rings. The number of aliphatic hydroxyl groups excluding tert-OH is 1. The smallest absolute Gasteiger partial charge is 0.133 e. The van der Waals surface area contributed by atoms with Gasteiger partial charge in [0, 0.05) is 6.04 Å². The van der Waals surface area contributed by atoms with E-state index in [-0.39, 0.29) is 6.04 Å². The van der Waals surface area contributed by atoms with Crippen LogP contribution in [0.15, 0.2) is 5.18 Å². The molecule has 2 N–H and O–H groups in total. The van der Waals surface area contributed by atoms with Crippen LogP contribution in [0.2, 0.25) is 0 Å². The van der Waals surface area contributed by atoms with Crippen molar-refractivity contribution < 1.29 is 5.11 Å². The zero-order valence-electron chi connectivity index (χ0n) is 6.66. The predicted octanol–water partition coefficient (Wildman–Crippen LogP) is 0.254. The number of piperidine rings is 1. The van der Waals surface area contributed by atoms with Gasteiger partial charge in [0.05, 0.1) is 6.10 Å². The van der Waals surface area contributed by atoms with E-state index in [1.165, 1.54) is 0 Å². The largest absolute Gasteiger partial charge is 0.391 e.